The van der Waals surface area contributed by atoms with Gasteiger partial charge >= 0.3 is 0 Å². The fourth-order valence-corrected chi connectivity index (χ4v) is 2.28. The Morgan fingerprint density at radius 1 is 1.18 bits per heavy atom. The molecular weight excluding hydrogens is 210 g/mol. The zero-order valence-corrected chi connectivity index (χ0v) is 11.7. The fraction of sp³-hybridized carbons (Fsp3) is 0.600. The van der Waals surface area contributed by atoms with Crippen LogP contribution >= 0.6 is 0 Å². The molecule has 0 aromatic heterocycles. The standard InChI is InChI=1S/C15H25NO/c1-6-15(5,17-7-2)14(16)13-9-11(3)8-12(4)10-13/h8-10,14H,6-7,16H2,1-5H3. The number of hydrogen-bond acceptors (Lipinski definition) is 2. The first-order chi connectivity index (χ1) is 7.92. The summed E-state index contributed by atoms with van der Waals surface area (Å²) < 4.78 is 5.85. The molecule has 0 aliphatic rings. The predicted octanol–water partition coefficient (Wildman–Crippen LogP) is 3.51. The fourth-order valence-electron chi connectivity index (χ4n) is 2.28. The Morgan fingerprint density at radius 2 is 1.71 bits per heavy atom. The van der Waals surface area contributed by atoms with Gasteiger partial charge in [-0.2, -0.15) is 0 Å². The van der Waals surface area contributed by atoms with Gasteiger partial charge in [-0.1, -0.05) is 36.2 Å². The van der Waals surface area contributed by atoms with Gasteiger partial charge < -0.3 is 10.5 Å². The summed E-state index contributed by atoms with van der Waals surface area (Å²) in [5.74, 6) is 0. The van der Waals surface area contributed by atoms with E-state index in [4.69, 9.17) is 10.5 Å². The Balaban J connectivity index is 3.05. The van der Waals surface area contributed by atoms with Gasteiger partial charge in [0.1, 0.15) is 0 Å². The number of benzene rings is 1. The molecule has 2 N–H and O–H groups in total. The molecule has 1 aromatic carbocycles. The van der Waals surface area contributed by atoms with Crippen LogP contribution in [0.15, 0.2) is 18.2 Å². The smallest absolute Gasteiger partial charge is 0.0843 e. The summed E-state index contributed by atoms with van der Waals surface area (Å²) in [5.41, 5.74) is 9.78. The molecule has 0 amide bonds. The van der Waals surface area contributed by atoms with Crippen molar-refractivity contribution in [2.45, 2.75) is 52.7 Å². The second-order valence-corrected chi connectivity index (χ2v) is 5.00. The van der Waals surface area contributed by atoms with Gasteiger partial charge in [0.05, 0.1) is 11.6 Å². The summed E-state index contributed by atoms with van der Waals surface area (Å²) in [4.78, 5) is 0. The van der Waals surface area contributed by atoms with Crippen molar-refractivity contribution in [2.24, 2.45) is 5.73 Å². The van der Waals surface area contributed by atoms with E-state index >= 15 is 0 Å². The van der Waals surface area contributed by atoms with Crippen LogP contribution in [0.4, 0.5) is 0 Å². The van der Waals surface area contributed by atoms with Crippen LogP contribution in [0.2, 0.25) is 0 Å². The molecule has 0 bridgehead atoms. The van der Waals surface area contributed by atoms with Crippen molar-refractivity contribution in [1.29, 1.82) is 0 Å². The molecule has 0 spiro atoms. The maximum atomic E-state index is 6.38. The summed E-state index contributed by atoms with van der Waals surface area (Å²) in [6, 6.07) is 6.40. The van der Waals surface area contributed by atoms with Gasteiger partial charge in [0.2, 0.25) is 0 Å². The third-order valence-electron chi connectivity index (χ3n) is 3.44. The molecule has 0 fully saturated rings. The highest BCUT2D eigenvalue weighted by Crippen LogP contribution is 2.31. The molecule has 1 aromatic rings. The van der Waals surface area contributed by atoms with Gasteiger partial charge in [0.15, 0.2) is 0 Å². The van der Waals surface area contributed by atoms with E-state index in [0.29, 0.717) is 6.61 Å². The van der Waals surface area contributed by atoms with E-state index in [-0.39, 0.29) is 11.6 Å². The lowest BCUT2D eigenvalue weighted by molar-refractivity contribution is -0.0472. The number of aryl methyl sites for hydroxylation is 2. The van der Waals surface area contributed by atoms with E-state index < -0.39 is 0 Å². The van der Waals surface area contributed by atoms with Crippen LogP contribution in [0.25, 0.3) is 0 Å². The Morgan fingerprint density at radius 3 is 2.12 bits per heavy atom. The van der Waals surface area contributed by atoms with Gasteiger partial charge in [0, 0.05) is 6.61 Å². The van der Waals surface area contributed by atoms with Crippen LogP contribution in [0.1, 0.15) is 49.9 Å². The van der Waals surface area contributed by atoms with E-state index in [1.54, 1.807) is 0 Å². The van der Waals surface area contributed by atoms with Crippen LogP contribution in [0.3, 0.4) is 0 Å². The van der Waals surface area contributed by atoms with Crippen LogP contribution in [-0.2, 0) is 4.74 Å². The van der Waals surface area contributed by atoms with Crippen molar-refractivity contribution >= 4 is 0 Å². The van der Waals surface area contributed by atoms with Gasteiger partial charge in [-0.15, -0.1) is 0 Å². The maximum Gasteiger partial charge on any atom is 0.0843 e. The average Bonchev–Trinajstić information content (AvgIpc) is 2.27. The number of nitrogens with two attached hydrogens (primary N) is 1. The third kappa shape index (κ3) is 3.30. The Labute approximate surface area is 105 Å². The highest BCUT2D eigenvalue weighted by molar-refractivity contribution is 5.31. The maximum absolute atomic E-state index is 6.38. The summed E-state index contributed by atoms with van der Waals surface area (Å²) in [6.45, 7) is 11.1. The van der Waals surface area contributed by atoms with E-state index in [2.05, 4.69) is 45.9 Å². The first kappa shape index (κ1) is 14.2. The van der Waals surface area contributed by atoms with Crippen molar-refractivity contribution in [3.05, 3.63) is 34.9 Å². The first-order valence-electron chi connectivity index (χ1n) is 6.40. The SMILES string of the molecule is CCOC(C)(CC)C(N)c1cc(C)cc(C)c1. The lowest BCUT2D eigenvalue weighted by Gasteiger charge is -2.35. The highest BCUT2D eigenvalue weighted by atomic mass is 16.5. The molecule has 0 radical (unpaired) electrons. The summed E-state index contributed by atoms with van der Waals surface area (Å²) in [5, 5.41) is 0. The lowest BCUT2D eigenvalue weighted by atomic mass is 9.87. The minimum absolute atomic E-state index is 0.0777. The van der Waals surface area contributed by atoms with Crippen molar-refractivity contribution in [1.82, 2.24) is 0 Å². The average molecular weight is 235 g/mol. The zero-order chi connectivity index (χ0) is 13.1. The molecule has 0 saturated carbocycles. The second-order valence-electron chi connectivity index (χ2n) is 5.00. The number of ether oxygens (including phenoxy) is 1. The molecule has 0 saturated heterocycles. The zero-order valence-electron chi connectivity index (χ0n) is 11.7. The largest absolute Gasteiger partial charge is 0.374 e. The van der Waals surface area contributed by atoms with E-state index in [9.17, 15) is 0 Å². The molecular formula is C15H25NO. The molecule has 17 heavy (non-hydrogen) atoms. The molecule has 1 rings (SSSR count). The van der Waals surface area contributed by atoms with E-state index in [1.807, 2.05) is 6.92 Å². The van der Waals surface area contributed by atoms with Gasteiger partial charge in [-0.25, -0.2) is 0 Å². The molecule has 0 aliphatic heterocycles. The second kappa shape index (κ2) is 5.65. The highest BCUT2D eigenvalue weighted by Gasteiger charge is 2.31. The first-order valence-corrected chi connectivity index (χ1v) is 6.40. The number of rotatable bonds is 5. The van der Waals surface area contributed by atoms with Crippen LogP contribution in [0.5, 0.6) is 0 Å². The topological polar surface area (TPSA) is 35.2 Å². The molecule has 2 atom stereocenters. The van der Waals surface area contributed by atoms with Gasteiger partial charge in [0.25, 0.3) is 0 Å². The van der Waals surface area contributed by atoms with Crippen molar-refractivity contribution in [3.8, 4) is 0 Å². The monoisotopic (exact) mass is 235 g/mol. The van der Waals surface area contributed by atoms with E-state index in [0.717, 1.165) is 6.42 Å². The molecule has 0 heterocycles. The van der Waals surface area contributed by atoms with Gasteiger partial charge in [-0.3, -0.25) is 0 Å². The van der Waals surface area contributed by atoms with Crippen LogP contribution < -0.4 is 5.73 Å². The number of hydrogen-bond donors (Lipinski definition) is 1. The summed E-state index contributed by atoms with van der Waals surface area (Å²) in [6.07, 6.45) is 0.912. The quantitative estimate of drug-likeness (QED) is 0.847. The van der Waals surface area contributed by atoms with Crippen molar-refractivity contribution < 1.29 is 4.74 Å². The minimum Gasteiger partial charge on any atom is -0.374 e. The predicted molar refractivity (Wildman–Crippen MR) is 73.2 cm³/mol. The molecule has 0 aliphatic carbocycles. The van der Waals surface area contributed by atoms with Crippen LogP contribution in [0, 0.1) is 13.8 Å². The normalized spacial score (nSPS) is 16.6. The van der Waals surface area contributed by atoms with Crippen molar-refractivity contribution in [3.63, 3.8) is 0 Å². The third-order valence-corrected chi connectivity index (χ3v) is 3.44. The Bertz CT molecular complexity index is 355. The Hall–Kier alpha value is -0.860. The minimum atomic E-state index is -0.283. The van der Waals surface area contributed by atoms with Crippen LogP contribution in [-0.4, -0.2) is 12.2 Å². The summed E-state index contributed by atoms with van der Waals surface area (Å²) >= 11 is 0. The molecule has 2 heteroatoms. The summed E-state index contributed by atoms with van der Waals surface area (Å²) in [7, 11) is 0. The molecule has 2 nitrogen and oxygen atoms in total. The Kier molecular flexibility index (Phi) is 4.72. The van der Waals surface area contributed by atoms with E-state index in [1.165, 1.54) is 16.7 Å². The molecule has 2 unspecified atom stereocenters. The van der Waals surface area contributed by atoms with Crippen molar-refractivity contribution in [2.75, 3.05) is 6.61 Å². The lowest BCUT2D eigenvalue weighted by Crippen LogP contribution is -2.40. The molecule has 96 valence electrons. The van der Waals surface area contributed by atoms with Gasteiger partial charge in [-0.05, 0) is 39.7 Å².